The zero-order valence-corrected chi connectivity index (χ0v) is 17.7. The van der Waals surface area contributed by atoms with Gasteiger partial charge in [0, 0.05) is 6.42 Å². The molecule has 2 aromatic carbocycles. The maximum absolute atomic E-state index is 13.4. The second-order valence-corrected chi connectivity index (χ2v) is 7.30. The van der Waals surface area contributed by atoms with Gasteiger partial charge in [0.05, 0.1) is 29.7 Å². The zero-order valence-electron chi connectivity index (χ0n) is 17.7. The molecule has 0 bridgehead atoms. The number of nitrogens with two attached hydrogens (primary N) is 1. The molecular formula is C24H32N3O2+. The van der Waals surface area contributed by atoms with Crippen molar-refractivity contribution in [2.24, 2.45) is 0 Å². The van der Waals surface area contributed by atoms with Crippen LogP contribution in [0.25, 0.3) is 16.6 Å². The van der Waals surface area contributed by atoms with Crippen molar-refractivity contribution in [3.63, 3.8) is 0 Å². The van der Waals surface area contributed by atoms with E-state index in [-0.39, 0.29) is 11.6 Å². The van der Waals surface area contributed by atoms with E-state index in [0.717, 1.165) is 35.7 Å². The number of benzene rings is 2. The van der Waals surface area contributed by atoms with Crippen LogP contribution in [0.3, 0.4) is 0 Å². The fourth-order valence-corrected chi connectivity index (χ4v) is 3.67. The van der Waals surface area contributed by atoms with Gasteiger partial charge in [-0.1, -0.05) is 32.4 Å². The zero-order chi connectivity index (χ0) is 20.6. The van der Waals surface area contributed by atoms with Crippen LogP contribution in [0.4, 0.5) is 0 Å². The molecule has 0 spiro atoms. The molecule has 0 aliphatic carbocycles. The van der Waals surface area contributed by atoms with Gasteiger partial charge in [-0.3, -0.25) is 9.36 Å². The number of hydrogen-bond donors (Lipinski definition) is 1. The largest absolute Gasteiger partial charge is 0.494 e. The average molecular weight is 395 g/mol. The molecule has 3 aromatic rings. The number of para-hydroxylation sites is 1. The Morgan fingerprint density at radius 2 is 1.79 bits per heavy atom. The maximum atomic E-state index is 13.4. The summed E-state index contributed by atoms with van der Waals surface area (Å²) in [6.45, 7) is 7.99. The third-order valence-electron chi connectivity index (χ3n) is 5.24. The van der Waals surface area contributed by atoms with Crippen LogP contribution in [0.1, 0.15) is 58.3 Å². The monoisotopic (exact) mass is 394 g/mol. The van der Waals surface area contributed by atoms with E-state index >= 15 is 0 Å². The number of quaternary nitrogens is 1. The average Bonchev–Trinajstić information content (AvgIpc) is 2.75. The van der Waals surface area contributed by atoms with E-state index in [1.54, 1.807) is 4.57 Å². The Hall–Kier alpha value is -2.66. The van der Waals surface area contributed by atoms with Crippen molar-refractivity contribution >= 4 is 10.9 Å². The molecule has 5 heteroatoms. The molecule has 0 unspecified atom stereocenters. The summed E-state index contributed by atoms with van der Waals surface area (Å²) in [6.07, 6.45) is 4.52. The third kappa shape index (κ3) is 4.85. The Morgan fingerprint density at radius 3 is 2.48 bits per heavy atom. The normalized spacial score (nSPS) is 12.2. The maximum Gasteiger partial charge on any atom is 0.266 e. The highest BCUT2D eigenvalue weighted by Crippen LogP contribution is 2.20. The number of hydrogen-bond acceptors (Lipinski definition) is 3. The van der Waals surface area contributed by atoms with Crippen molar-refractivity contribution in [1.29, 1.82) is 0 Å². The van der Waals surface area contributed by atoms with Gasteiger partial charge in [-0.25, -0.2) is 4.98 Å². The molecule has 5 nitrogen and oxygen atoms in total. The van der Waals surface area contributed by atoms with Crippen molar-refractivity contribution in [1.82, 2.24) is 9.55 Å². The van der Waals surface area contributed by atoms with Crippen LogP contribution in [0.15, 0.2) is 53.3 Å². The molecular weight excluding hydrogens is 362 g/mol. The van der Waals surface area contributed by atoms with E-state index in [4.69, 9.17) is 9.72 Å². The Morgan fingerprint density at radius 1 is 1.03 bits per heavy atom. The van der Waals surface area contributed by atoms with Gasteiger partial charge in [0.2, 0.25) is 0 Å². The standard InChI is InChI=1S/C24H31N3O2/c1-4-7-10-17-25-21(5-2)23-26-22-12-9-8-11-20(22)24(28)27(23)18-13-15-19(16-14-18)29-6-3/h8-9,11-16,21,25H,4-7,10,17H2,1-3H3/p+1/t21-/m1/s1. The molecule has 2 N–H and O–H groups in total. The van der Waals surface area contributed by atoms with Gasteiger partial charge in [-0.15, -0.1) is 0 Å². The molecule has 154 valence electrons. The summed E-state index contributed by atoms with van der Waals surface area (Å²) in [5, 5.41) is 2.98. The summed E-state index contributed by atoms with van der Waals surface area (Å²) in [4.78, 5) is 18.4. The van der Waals surface area contributed by atoms with Gasteiger partial charge >= 0.3 is 0 Å². The topological polar surface area (TPSA) is 60.7 Å². The minimum absolute atomic E-state index is 0.0184. The molecule has 0 aliphatic heterocycles. The highest BCUT2D eigenvalue weighted by atomic mass is 16.5. The quantitative estimate of drug-likeness (QED) is 0.529. The minimum atomic E-state index is -0.0184. The van der Waals surface area contributed by atoms with Crippen LogP contribution < -0.4 is 15.6 Å². The number of aromatic nitrogens is 2. The lowest BCUT2D eigenvalue weighted by molar-refractivity contribution is -0.698. The Bertz CT molecular complexity index is 980. The van der Waals surface area contributed by atoms with E-state index in [9.17, 15) is 4.79 Å². The summed E-state index contributed by atoms with van der Waals surface area (Å²) in [7, 11) is 0. The van der Waals surface area contributed by atoms with E-state index in [1.807, 2.05) is 55.5 Å². The van der Waals surface area contributed by atoms with Gasteiger partial charge in [0.15, 0.2) is 5.82 Å². The summed E-state index contributed by atoms with van der Waals surface area (Å²) < 4.78 is 7.34. The SMILES string of the molecule is CCCCC[NH2+][C@H](CC)c1nc2ccccc2c(=O)n1-c1ccc(OCC)cc1. The predicted molar refractivity (Wildman–Crippen MR) is 118 cm³/mol. The van der Waals surface area contributed by atoms with Crippen LogP contribution in [-0.2, 0) is 0 Å². The van der Waals surface area contributed by atoms with E-state index < -0.39 is 0 Å². The van der Waals surface area contributed by atoms with E-state index in [0.29, 0.717) is 12.0 Å². The number of fused-ring (bicyclic) bond motifs is 1. The Labute approximate surface area is 172 Å². The second kappa shape index (κ2) is 10.2. The summed E-state index contributed by atoms with van der Waals surface area (Å²) in [6, 6.07) is 15.4. The highest BCUT2D eigenvalue weighted by Gasteiger charge is 2.22. The van der Waals surface area contributed by atoms with Gasteiger partial charge in [0.1, 0.15) is 11.8 Å². The molecule has 1 aromatic heterocycles. The van der Waals surface area contributed by atoms with Crippen molar-refractivity contribution < 1.29 is 10.1 Å². The first kappa shape index (κ1) is 21.1. The van der Waals surface area contributed by atoms with Crippen LogP contribution in [0.2, 0.25) is 0 Å². The molecule has 0 amide bonds. The summed E-state index contributed by atoms with van der Waals surface area (Å²) in [5.74, 6) is 1.62. The fraction of sp³-hybridized carbons (Fsp3) is 0.417. The molecule has 0 saturated carbocycles. The smallest absolute Gasteiger partial charge is 0.266 e. The molecule has 1 atom stereocenters. The Kier molecular flexibility index (Phi) is 7.42. The molecule has 3 rings (SSSR count). The number of rotatable bonds is 10. The first-order chi connectivity index (χ1) is 14.2. The molecule has 0 radical (unpaired) electrons. The first-order valence-electron chi connectivity index (χ1n) is 10.8. The van der Waals surface area contributed by atoms with Gasteiger partial charge in [-0.05, 0) is 56.2 Å². The molecule has 1 heterocycles. The summed E-state index contributed by atoms with van der Waals surface area (Å²) in [5.41, 5.74) is 1.57. The molecule has 0 fully saturated rings. The lowest BCUT2D eigenvalue weighted by Crippen LogP contribution is -2.85. The van der Waals surface area contributed by atoms with Crippen molar-refractivity contribution in [3.05, 3.63) is 64.7 Å². The lowest BCUT2D eigenvalue weighted by Gasteiger charge is -2.19. The van der Waals surface area contributed by atoms with Gasteiger partial charge in [-0.2, -0.15) is 0 Å². The predicted octanol–water partition coefficient (Wildman–Crippen LogP) is 3.99. The van der Waals surface area contributed by atoms with Crippen molar-refractivity contribution in [3.8, 4) is 11.4 Å². The molecule has 0 saturated heterocycles. The van der Waals surface area contributed by atoms with Gasteiger partial charge in [0.25, 0.3) is 5.56 Å². The fourth-order valence-electron chi connectivity index (χ4n) is 3.67. The molecule has 29 heavy (non-hydrogen) atoms. The summed E-state index contributed by atoms with van der Waals surface area (Å²) >= 11 is 0. The van der Waals surface area contributed by atoms with E-state index in [2.05, 4.69) is 19.2 Å². The second-order valence-electron chi connectivity index (χ2n) is 7.30. The highest BCUT2D eigenvalue weighted by molar-refractivity contribution is 5.77. The lowest BCUT2D eigenvalue weighted by atomic mass is 10.1. The first-order valence-corrected chi connectivity index (χ1v) is 10.8. The van der Waals surface area contributed by atoms with Crippen LogP contribution in [-0.4, -0.2) is 22.7 Å². The van der Waals surface area contributed by atoms with Gasteiger partial charge < -0.3 is 10.1 Å². The molecule has 0 aliphatic rings. The van der Waals surface area contributed by atoms with E-state index in [1.165, 1.54) is 19.3 Å². The number of nitrogens with zero attached hydrogens (tertiary/aromatic N) is 2. The van der Waals surface area contributed by atoms with Crippen LogP contribution in [0, 0.1) is 0 Å². The Balaban J connectivity index is 2.09. The van der Waals surface area contributed by atoms with Crippen LogP contribution >= 0.6 is 0 Å². The third-order valence-corrected chi connectivity index (χ3v) is 5.24. The number of unbranched alkanes of at least 4 members (excludes halogenated alkanes) is 2. The number of ether oxygens (including phenoxy) is 1. The van der Waals surface area contributed by atoms with Crippen molar-refractivity contribution in [2.75, 3.05) is 13.2 Å². The van der Waals surface area contributed by atoms with Crippen LogP contribution in [0.5, 0.6) is 5.75 Å². The van der Waals surface area contributed by atoms with Crippen molar-refractivity contribution in [2.45, 2.75) is 52.5 Å². The minimum Gasteiger partial charge on any atom is -0.494 e.